The normalized spacial score (nSPS) is 12.2. The summed E-state index contributed by atoms with van der Waals surface area (Å²) in [5, 5.41) is 4.00. The molecule has 0 radical (unpaired) electrons. The Morgan fingerprint density at radius 1 is 0.295 bits per heavy atom. The van der Waals surface area contributed by atoms with Crippen LogP contribution in [0.5, 0.6) is 0 Å². The third kappa shape index (κ3) is 6.78. The molecule has 0 aliphatic heterocycles. The summed E-state index contributed by atoms with van der Waals surface area (Å²) in [6.45, 7) is 0. The smallest absolute Gasteiger partial charge is 0.0645 e. The average molecular weight is 784 g/mol. The SMILES string of the molecule is [2H]c1c([2H])c(N(c2ccccc2)c2ccc3c(c2)c2ccccc2n3-c2ccccc2)c([2H])c([2H])c1-c1ccc2cc(N(c3ccccc3)c3ccc(-c4ccccc4)cc3)ccc2c1. The molecule has 0 aliphatic rings. The van der Waals surface area contributed by atoms with Crippen LogP contribution in [0.4, 0.5) is 34.1 Å². The van der Waals surface area contributed by atoms with Gasteiger partial charge in [0.1, 0.15) is 0 Å². The summed E-state index contributed by atoms with van der Waals surface area (Å²) < 4.78 is 40.4. The van der Waals surface area contributed by atoms with E-state index in [-0.39, 0.29) is 35.4 Å². The van der Waals surface area contributed by atoms with Gasteiger partial charge in [0.15, 0.2) is 0 Å². The maximum atomic E-state index is 9.58. The second kappa shape index (κ2) is 15.6. The van der Waals surface area contributed by atoms with Crippen LogP contribution in [0.2, 0.25) is 0 Å². The molecule has 0 aliphatic carbocycles. The standard InChI is InChI=1S/C58H41N3/c1-5-15-42(16-6-1)43-27-32-51(33-28-43)59(48-17-7-2-8-18-48)53-36-31-46-39-45(25-26-47(46)40-53)44-29-34-52(35-30-44)60(49-19-9-3-10-20-49)54-37-38-58-56(41-54)55-23-13-14-24-57(55)61(58)50-21-11-4-12-22-50/h1-41H/i29D,30D,34D,35D. The van der Waals surface area contributed by atoms with Gasteiger partial charge in [-0.15, -0.1) is 0 Å². The summed E-state index contributed by atoms with van der Waals surface area (Å²) in [7, 11) is 0. The molecule has 0 saturated carbocycles. The van der Waals surface area contributed by atoms with E-state index in [0.29, 0.717) is 5.56 Å². The molecule has 10 aromatic carbocycles. The van der Waals surface area contributed by atoms with Crippen LogP contribution in [0, 0.1) is 0 Å². The van der Waals surface area contributed by atoms with E-state index in [1.807, 2.05) is 114 Å². The van der Waals surface area contributed by atoms with E-state index in [4.69, 9.17) is 0 Å². The second-order valence-electron chi connectivity index (χ2n) is 15.1. The lowest BCUT2D eigenvalue weighted by molar-refractivity contribution is 1.18. The summed E-state index contributed by atoms with van der Waals surface area (Å²) in [4.78, 5) is 4.09. The highest BCUT2D eigenvalue weighted by Gasteiger charge is 2.18. The van der Waals surface area contributed by atoms with Gasteiger partial charge in [-0.2, -0.15) is 0 Å². The number of aromatic nitrogens is 1. The average Bonchev–Trinajstić information content (AvgIpc) is 3.70. The van der Waals surface area contributed by atoms with Gasteiger partial charge in [0.25, 0.3) is 0 Å². The molecule has 1 heterocycles. The van der Waals surface area contributed by atoms with Crippen molar-refractivity contribution < 1.29 is 5.48 Å². The first-order valence-corrected chi connectivity index (χ1v) is 20.5. The van der Waals surface area contributed by atoms with Gasteiger partial charge in [-0.05, 0) is 136 Å². The number of anilines is 6. The van der Waals surface area contributed by atoms with Gasteiger partial charge in [0, 0.05) is 50.6 Å². The van der Waals surface area contributed by atoms with E-state index >= 15 is 0 Å². The number of hydrogen-bond donors (Lipinski definition) is 0. The molecule has 3 heteroatoms. The monoisotopic (exact) mass is 783 g/mol. The van der Waals surface area contributed by atoms with Crippen LogP contribution in [0.3, 0.4) is 0 Å². The Balaban J connectivity index is 0.993. The highest BCUT2D eigenvalue weighted by atomic mass is 15.1. The Hall–Kier alpha value is -8.14. The predicted molar refractivity (Wildman–Crippen MR) is 259 cm³/mol. The maximum absolute atomic E-state index is 9.58. The molecule has 1 aromatic heterocycles. The van der Waals surface area contributed by atoms with Crippen LogP contribution >= 0.6 is 0 Å². The number of hydrogen-bond acceptors (Lipinski definition) is 2. The molecular weight excluding hydrogens is 739 g/mol. The molecule has 0 unspecified atom stereocenters. The van der Waals surface area contributed by atoms with Gasteiger partial charge in [0.2, 0.25) is 0 Å². The first-order valence-electron chi connectivity index (χ1n) is 22.5. The van der Waals surface area contributed by atoms with Gasteiger partial charge in [-0.1, -0.05) is 146 Å². The minimum atomic E-state index is -0.121. The van der Waals surface area contributed by atoms with Gasteiger partial charge in [-0.25, -0.2) is 0 Å². The lowest BCUT2D eigenvalue weighted by Gasteiger charge is -2.26. The Labute approximate surface area is 361 Å². The molecule has 288 valence electrons. The largest absolute Gasteiger partial charge is 0.310 e. The third-order valence-electron chi connectivity index (χ3n) is 11.4. The fourth-order valence-electron chi connectivity index (χ4n) is 8.49. The zero-order chi connectivity index (χ0) is 44.0. The lowest BCUT2D eigenvalue weighted by Crippen LogP contribution is -2.09. The summed E-state index contributed by atoms with van der Waals surface area (Å²) >= 11 is 0. The highest BCUT2D eigenvalue weighted by molar-refractivity contribution is 6.10. The van der Waals surface area contributed by atoms with Gasteiger partial charge >= 0.3 is 0 Å². The van der Waals surface area contributed by atoms with E-state index < -0.39 is 0 Å². The summed E-state index contributed by atoms with van der Waals surface area (Å²) in [5.41, 5.74) is 11.0. The minimum absolute atomic E-state index is 0.103. The Bertz CT molecular complexity index is 3490. The zero-order valence-corrected chi connectivity index (χ0v) is 33.2. The summed E-state index contributed by atoms with van der Waals surface area (Å²) in [6.07, 6.45) is 0. The van der Waals surface area contributed by atoms with Gasteiger partial charge < -0.3 is 14.4 Å². The van der Waals surface area contributed by atoms with E-state index in [2.05, 4.69) is 125 Å². The molecule has 61 heavy (non-hydrogen) atoms. The van der Waals surface area contributed by atoms with Crippen LogP contribution in [0.15, 0.2) is 249 Å². The Morgan fingerprint density at radius 2 is 0.770 bits per heavy atom. The molecular formula is C58H41N3. The van der Waals surface area contributed by atoms with Crippen molar-refractivity contribution in [2.45, 2.75) is 0 Å². The van der Waals surface area contributed by atoms with Crippen LogP contribution in [-0.2, 0) is 0 Å². The van der Waals surface area contributed by atoms with Crippen molar-refractivity contribution in [2.75, 3.05) is 9.80 Å². The van der Waals surface area contributed by atoms with Crippen LogP contribution < -0.4 is 9.80 Å². The Kier molecular flexibility index (Phi) is 8.11. The molecule has 0 amide bonds. The second-order valence-corrected chi connectivity index (χ2v) is 15.1. The summed E-state index contributed by atoms with van der Waals surface area (Å²) in [5.74, 6) is 0. The first kappa shape index (κ1) is 31.8. The number of rotatable bonds is 9. The number of para-hydroxylation sites is 4. The predicted octanol–water partition coefficient (Wildman–Crippen LogP) is 16.2. The summed E-state index contributed by atoms with van der Waals surface area (Å²) in [6, 6.07) is 75.5. The van der Waals surface area contributed by atoms with Crippen molar-refractivity contribution in [3.8, 4) is 27.9 Å². The fourth-order valence-corrected chi connectivity index (χ4v) is 8.49. The van der Waals surface area contributed by atoms with E-state index in [0.717, 1.165) is 72.3 Å². The van der Waals surface area contributed by atoms with Crippen LogP contribution in [0.1, 0.15) is 5.48 Å². The number of fused-ring (bicyclic) bond motifs is 4. The van der Waals surface area contributed by atoms with Crippen molar-refractivity contribution in [2.24, 2.45) is 0 Å². The molecule has 0 fully saturated rings. The van der Waals surface area contributed by atoms with E-state index in [1.165, 1.54) is 5.56 Å². The molecule has 0 saturated heterocycles. The van der Waals surface area contributed by atoms with Crippen molar-refractivity contribution >= 4 is 66.7 Å². The highest BCUT2D eigenvalue weighted by Crippen LogP contribution is 2.41. The molecule has 0 atom stereocenters. The van der Waals surface area contributed by atoms with Crippen molar-refractivity contribution in [1.29, 1.82) is 0 Å². The topological polar surface area (TPSA) is 11.4 Å². The lowest BCUT2D eigenvalue weighted by atomic mass is 10.00. The van der Waals surface area contributed by atoms with Gasteiger partial charge in [0.05, 0.1) is 16.5 Å². The van der Waals surface area contributed by atoms with Crippen molar-refractivity contribution in [3.63, 3.8) is 0 Å². The van der Waals surface area contributed by atoms with E-state index in [1.54, 1.807) is 0 Å². The molecule has 0 bridgehead atoms. The quantitative estimate of drug-likeness (QED) is 0.144. The zero-order valence-electron chi connectivity index (χ0n) is 37.2. The van der Waals surface area contributed by atoms with Crippen LogP contribution in [-0.4, -0.2) is 4.57 Å². The third-order valence-corrected chi connectivity index (χ3v) is 11.4. The molecule has 11 rings (SSSR count). The number of nitrogens with zero attached hydrogens (tertiary/aromatic N) is 3. The van der Waals surface area contributed by atoms with Crippen molar-refractivity contribution in [3.05, 3.63) is 249 Å². The molecule has 3 nitrogen and oxygen atoms in total. The fraction of sp³-hybridized carbons (Fsp3) is 0. The first-order chi connectivity index (χ1) is 31.9. The van der Waals surface area contributed by atoms with Gasteiger partial charge in [-0.3, -0.25) is 0 Å². The molecule has 11 aromatic rings. The maximum Gasteiger partial charge on any atom is 0.0645 e. The van der Waals surface area contributed by atoms with Crippen molar-refractivity contribution in [1.82, 2.24) is 4.57 Å². The molecule has 0 N–H and O–H groups in total. The Morgan fingerprint density at radius 3 is 1.48 bits per heavy atom. The van der Waals surface area contributed by atoms with Crippen LogP contribution in [0.25, 0.3) is 60.5 Å². The van der Waals surface area contributed by atoms with E-state index in [9.17, 15) is 5.48 Å². The molecule has 0 spiro atoms. The minimum Gasteiger partial charge on any atom is -0.310 e. The number of benzene rings is 10.